The minimum absolute atomic E-state index is 0.394. The third-order valence-corrected chi connectivity index (χ3v) is 5.21. The van der Waals surface area contributed by atoms with Crippen LogP contribution in [-0.2, 0) is 4.79 Å². The Morgan fingerprint density at radius 2 is 1.94 bits per heavy atom. The highest BCUT2D eigenvalue weighted by molar-refractivity contribution is 5.76. The Kier molecular flexibility index (Phi) is 3.60. The van der Waals surface area contributed by atoms with E-state index >= 15 is 0 Å². The molecule has 3 aliphatic rings. The second kappa shape index (κ2) is 5.20. The van der Waals surface area contributed by atoms with E-state index in [9.17, 15) is 4.79 Å². The first-order chi connectivity index (χ1) is 8.74. The summed E-state index contributed by atoms with van der Waals surface area (Å²) in [6.45, 7) is 6.44. The zero-order valence-electron chi connectivity index (χ0n) is 11.6. The van der Waals surface area contributed by atoms with Crippen molar-refractivity contribution >= 4 is 5.91 Å². The molecule has 1 amide bonds. The van der Waals surface area contributed by atoms with Gasteiger partial charge in [0.1, 0.15) is 0 Å². The number of hydrogen-bond donors (Lipinski definition) is 0. The predicted molar refractivity (Wildman–Crippen MR) is 72.3 cm³/mol. The minimum atomic E-state index is 0.394. The van der Waals surface area contributed by atoms with Crippen molar-refractivity contribution in [3.05, 3.63) is 0 Å². The molecular weight excluding hydrogens is 224 g/mol. The van der Waals surface area contributed by atoms with Crippen molar-refractivity contribution in [2.45, 2.75) is 51.5 Å². The van der Waals surface area contributed by atoms with Gasteiger partial charge in [0.15, 0.2) is 0 Å². The number of nitrogens with zero attached hydrogens (tertiary/aromatic N) is 2. The summed E-state index contributed by atoms with van der Waals surface area (Å²) in [5, 5.41) is 0. The van der Waals surface area contributed by atoms with Gasteiger partial charge in [-0.1, -0.05) is 6.42 Å². The molecule has 3 rings (SSSR count). The van der Waals surface area contributed by atoms with E-state index in [2.05, 4.69) is 16.7 Å². The van der Waals surface area contributed by atoms with Gasteiger partial charge in [-0.25, -0.2) is 0 Å². The number of hydrogen-bond acceptors (Lipinski definition) is 2. The van der Waals surface area contributed by atoms with E-state index in [4.69, 9.17) is 0 Å². The first-order valence-electron chi connectivity index (χ1n) is 7.76. The molecule has 1 saturated heterocycles. The molecule has 1 aliphatic heterocycles. The summed E-state index contributed by atoms with van der Waals surface area (Å²) in [5.41, 5.74) is 0. The third-order valence-electron chi connectivity index (χ3n) is 5.21. The maximum absolute atomic E-state index is 12.1. The molecule has 2 saturated carbocycles. The third kappa shape index (κ3) is 2.71. The SMILES string of the molecule is C[C@H](C1CCC1)N1CCC(=O)N(CC2CC2)CC1. The zero-order valence-corrected chi connectivity index (χ0v) is 11.6. The molecule has 3 fully saturated rings. The quantitative estimate of drug-likeness (QED) is 0.763. The van der Waals surface area contributed by atoms with Gasteiger partial charge in [-0.05, 0) is 44.4 Å². The fourth-order valence-corrected chi connectivity index (χ4v) is 3.32. The van der Waals surface area contributed by atoms with E-state index in [1.54, 1.807) is 0 Å². The molecule has 102 valence electrons. The molecule has 0 unspecified atom stereocenters. The highest BCUT2D eigenvalue weighted by Crippen LogP contribution is 2.33. The topological polar surface area (TPSA) is 23.6 Å². The van der Waals surface area contributed by atoms with Gasteiger partial charge < -0.3 is 4.90 Å². The van der Waals surface area contributed by atoms with Gasteiger partial charge >= 0.3 is 0 Å². The Balaban J connectivity index is 1.54. The maximum Gasteiger partial charge on any atom is 0.223 e. The molecule has 0 spiro atoms. The van der Waals surface area contributed by atoms with E-state index in [1.807, 2.05) is 0 Å². The van der Waals surface area contributed by atoms with Gasteiger partial charge in [-0.2, -0.15) is 0 Å². The molecule has 0 aromatic rings. The van der Waals surface area contributed by atoms with E-state index in [0.717, 1.165) is 44.4 Å². The summed E-state index contributed by atoms with van der Waals surface area (Å²) in [6.07, 6.45) is 7.63. The second-order valence-electron chi connectivity index (χ2n) is 6.50. The van der Waals surface area contributed by atoms with Gasteiger partial charge in [0.2, 0.25) is 5.91 Å². The Hall–Kier alpha value is -0.570. The largest absolute Gasteiger partial charge is 0.341 e. The predicted octanol–water partition coefficient (Wildman–Crippen LogP) is 2.12. The van der Waals surface area contributed by atoms with E-state index in [-0.39, 0.29) is 0 Å². The highest BCUT2D eigenvalue weighted by Gasteiger charge is 2.32. The first kappa shape index (κ1) is 12.5. The van der Waals surface area contributed by atoms with Crippen LogP contribution in [0.1, 0.15) is 45.4 Å². The van der Waals surface area contributed by atoms with Crippen LogP contribution >= 0.6 is 0 Å². The van der Waals surface area contributed by atoms with Crippen molar-refractivity contribution in [3.8, 4) is 0 Å². The summed E-state index contributed by atoms with van der Waals surface area (Å²) in [7, 11) is 0. The monoisotopic (exact) mass is 250 g/mol. The van der Waals surface area contributed by atoms with Gasteiger partial charge in [0, 0.05) is 38.6 Å². The van der Waals surface area contributed by atoms with Crippen molar-refractivity contribution in [3.63, 3.8) is 0 Å². The molecule has 1 heterocycles. The molecule has 3 nitrogen and oxygen atoms in total. The number of rotatable bonds is 4. The van der Waals surface area contributed by atoms with E-state index < -0.39 is 0 Å². The van der Waals surface area contributed by atoms with Gasteiger partial charge in [0.05, 0.1) is 0 Å². The summed E-state index contributed by atoms with van der Waals surface area (Å²) >= 11 is 0. The lowest BCUT2D eigenvalue weighted by Gasteiger charge is -2.38. The molecule has 3 heteroatoms. The Labute approximate surface area is 111 Å². The van der Waals surface area contributed by atoms with E-state index in [0.29, 0.717) is 11.9 Å². The zero-order chi connectivity index (χ0) is 12.5. The van der Waals surface area contributed by atoms with Crippen LogP contribution in [0.3, 0.4) is 0 Å². The Bertz CT molecular complexity index is 310. The molecular formula is C15H26N2O. The second-order valence-corrected chi connectivity index (χ2v) is 6.50. The van der Waals surface area contributed by atoms with Crippen molar-refractivity contribution in [1.82, 2.24) is 9.80 Å². The fourth-order valence-electron chi connectivity index (χ4n) is 3.32. The molecule has 18 heavy (non-hydrogen) atoms. The van der Waals surface area contributed by atoms with Crippen LogP contribution in [0.15, 0.2) is 0 Å². The summed E-state index contributed by atoms with van der Waals surface area (Å²) < 4.78 is 0. The molecule has 0 radical (unpaired) electrons. The van der Waals surface area contributed by atoms with Crippen molar-refractivity contribution in [1.29, 1.82) is 0 Å². The Morgan fingerprint density at radius 3 is 2.56 bits per heavy atom. The van der Waals surface area contributed by atoms with Crippen LogP contribution in [0, 0.1) is 11.8 Å². The standard InChI is InChI=1S/C15H26N2O/c1-12(14-3-2-4-14)16-8-7-15(18)17(10-9-16)11-13-5-6-13/h12-14H,2-11H2,1H3/t12-/m1/s1. The fraction of sp³-hybridized carbons (Fsp3) is 0.933. The number of carbonyl (C=O) groups excluding carboxylic acids is 1. The van der Waals surface area contributed by atoms with E-state index in [1.165, 1.54) is 32.1 Å². The molecule has 0 aromatic carbocycles. The van der Waals surface area contributed by atoms with Crippen LogP contribution in [0.5, 0.6) is 0 Å². The maximum atomic E-state index is 12.1. The Morgan fingerprint density at radius 1 is 1.17 bits per heavy atom. The van der Waals surface area contributed by atoms with Gasteiger partial charge in [-0.3, -0.25) is 9.69 Å². The first-order valence-corrected chi connectivity index (χ1v) is 7.76. The molecule has 2 aliphatic carbocycles. The molecule has 0 N–H and O–H groups in total. The normalized spacial score (nSPS) is 28.9. The van der Waals surface area contributed by atoms with Crippen LogP contribution in [0.4, 0.5) is 0 Å². The lowest BCUT2D eigenvalue weighted by molar-refractivity contribution is -0.130. The lowest BCUT2D eigenvalue weighted by atomic mass is 9.80. The average molecular weight is 250 g/mol. The molecule has 1 atom stereocenters. The molecule has 0 aromatic heterocycles. The lowest BCUT2D eigenvalue weighted by Crippen LogP contribution is -2.43. The summed E-state index contributed by atoms with van der Waals surface area (Å²) in [5.74, 6) is 2.12. The van der Waals surface area contributed by atoms with Gasteiger partial charge in [0.25, 0.3) is 0 Å². The van der Waals surface area contributed by atoms with Crippen molar-refractivity contribution < 1.29 is 4.79 Å². The summed E-state index contributed by atoms with van der Waals surface area (Å²) in [4.78, 5) is 16.8. The number of carbonyl (C=O) groups is 1. The van der Waals surface area contributed by atoms with Crippen molar-refractivity contribution in [2.75, 3.05) is 26.2 Å². The van der Waals surface area contributed by atoms with Gasteiger partial charge in [-0.15, -0.1) is 0 Å². The van der Waals surface area contributed by atoms with Crippen LogP contribution in [0.25, 0.3) is 0 Å². The van der Waals surface area contributed by atoms with Crippen LogP contribution in [-0.4, -0.2) is 47.9 Å². The summed E-state index contributed by atoms with van der Waals surface area (Å²) in [6, 6.07) is 0.687. The van der Waals surface area contributed by atoms with Crippen LogP contribution in [0.2, 0.25) is 0 Å². The highest BCUT2D eigenvalue weighted by atomic mass is 16.2. The smallest absolute Gasteiger partial charge is 0.223 e. The number of amides is 1. The minimum Gasteiger partial charge on any atom is -0.341 e. The molecule has 0 bridgehead atoms. The van der Waals surface area contributed by atoms with Crippen LogP contribution < -0.4 is 0 Å². The van der Waals surface area contributed by atoms with Crippen molar-refractivity contribution in [2.24, 2.45) is 11.8 Å². The average Bonchev–Trinajstić information content (AvgIpc) is 3.08.